The number of aliphatic hydroxyl groups excluding tert-OH is 1. The van der Waals surface area contributed by atoms with E-state index in [0.29, 0.717) is 0 Å². The molecule has 4 heteroatoms. The molecule has 94 valence electrons. The van der Waals surface area contributed by atoms with Crippen LogP contribution >= 0.6 is 11.3 Å². The summed E-state index contributed by atoms with van der Waals surface area (Å²) < 4.78 is 0. The first-order valence-electron chi connectivity index (χ1n) is 6.15. The van der Waals surface area contributed by atoms with Crippen molar-refractivity contribution in [3.8, 4) is 0 Å². The van der Waals surface area contributed by atoms with Gasteiger partial charge in [0.1, 0.15) is 0 Å². The Kier molecular flexibility index (Phi) is 3.84. The molecule has 0 bridgehead atoms. The topological polar surface area (TPSA) is 49.3 Å². The quantitative estimate of drug-likeness (QED) is 0.862. The summed E-state index contributed by atoms with van der Waals surface area (Å²) >= 11 is 1.60. The molecular formula is C13H19NO2S. The smallest absolute Gasteiger partial charge is 0.261 e. The van der Waals surface area contributed by atoms with Gasteiger partial charge in [0.05, 0.1) is 17.5 Å². The van der Waals surface area contributed by atoms with Crippen LogP contribution in [0.2, 0.25) is 0 Å². The number of aliphatic hydroxyl groups is 1. The summed E-state index contributed by atoms with van der Waals surface area (Å²) in [5.41, 5.74) is 1.34. The Balaban J connectivity index is 2.04. The van der Waals surface area contributed by atoms with Gasteiger partial charge in [-0.15, -0.1) is 11.3 Å². The largest absolute Gasteiger partial charge is 0.394 e. The molecule has 2 rings (SSSR count). The van der Waals surface area contributed by atoms with Crippen LogP contribution in [0.1, 0.15) is 40.4 Å². The fourth-order valence-electron chi connectivity index (χ4n) is 2.10. The number of hydrogen-bond donors (Lipinski definition) is 2. The van der Waals surface area contributed by atoms with Gasteiger partial charge >= 0.3 is 0 Å². The van der Waals surface area contributed by atoms with Gasteiger partial charge in [0.2, 0.25) is 0 Å². The maximum Gasteiger partial charge on any atom is 0.261 e. The predicted molar refractivity (Wildman–Crippen MR) is 69.5 cm³/mol. The Morgan fingerprint density at radius 3 is 2.88 bits per heavy atom. The summed E-state index contributed by atoms with van der Waals surface area (Å²) in [6, 6.07) is 1.86. The van der Waals surface area contributed by atoms with Crippen molar-refractivity contribution in [2.24, 2.45) is 5.92 Å². The number of nitrogens with one attached hydrogen (secondary N) is 1. The lowest BCUT2D eigenvalue weighted by Crippen LogP contribution is -2.40. The van der Waals surface area contributed by atoms with E-state index in [-0.39, 0.29) is 24.5 Å². The van der Waals surface area contributed by atoms with Crippen LogP contribution < -0.4 is 5.32 Å². The molecule has 1 amide bonds. The van der Waals surface area contributed by atoms with Crippen molar-refractivity contribution in [3.63, 3.8) is 0 Å². The molecule has 1 unspecified atom stereocenters. The third-order valence-corrected chi connectivity index (χ3v) is 4.52. The Labute approximate surface area is 106 Å². The summed E-state index contributed by atoms with van der Waals surface area (Å²) in [5.74, 6) is 0.202. The van der Waals surface area contributed by atoms with Crippen LogP contribution in [0.5, 0.6) is 0 Å². The highest BCUT2D eigenvalue weighted by Crippen LogP contribution is 2.30. The average molecular weight is 253 g/mol. The van der Waals surface area contributed by atoms with Gasteiger partial charge in [0, 0.05) is 4.88 Å². The number of carbonyl (C=O) groups excluding carboxylic acids is 1. The molecule has 1 aliphatic carbocycles. The monoisotopic (exact) mass is 253 g/mol. The molecule has 2 N–H and O–H groups in total. The normalized spacial score (nSPS) is 16.0. The van der Waals surface area contributed by atoms with E-state index in [1.54, 1.807) is 11.3 Å². The molecule has 3 nitrogen and oxygen atoms in total. The molecule has 1 aromatic rings. The molecule has 1 aliphatic rings. The lowest BCUT2D eigenvalue weighted by Gasteiger charge is -2.19. The van der Waals surface area contributed by atoms with Crippen LogP contribution in [0.25, 0.3) is 0 Å². The Bertz CT molecular complexity index is 390. The molecule has 0 spiro atoms. The lowest BCUT2D eigenvalue weighted by molar-refractivity contribution is 0.0901. The van der Waals surface area contributed by atoms with Gasteiger partial charge < -0.3 is 10.4 Å². The van der Waals surface area contributed by atoms with Crippen LogP contribution in [0.15, 0.2) is 6.07 Å². The summed E-state index contributed by atoms with van der Waals surface area (Å²) in [5, 5.41) is 12.1. The van der Waals surface area contributed by atoms with E-state index in [0.717, 1.165) is 17.7 Å². The fraction of sp³-hybridized carbons (Fsp3) is 0.615. The second-order valence-corrected chi connectivity index (χ2v) is 6.06. The number of amides is 1. The number of hydrogen-bond acceptors (Lipinski definition) is 3. The molecule has 1 atom stereocenters. The standard InChI is InChI=1S/C13H19NO2S/c1-8(2)10(7-15)14-13(16)12-6-9-4-3-5-11(9)17-12/h6,8,10,15H,3-5,7H2,1-2H3,(H,14,16). The first-order chi connectivity index (χ1) is 8.11. The zero-order valence-corrected chi connectivity index (χ0v) is 11.1. The van der Waals surface area contributed by atoms with E-state index in [9.17, 15) is 9.90 Å². The van der Waals surface area contributed by atoms with Crippen molar-refractivity contribution in [2.45, 2.75) is 39.2 Å². The van der Waals surface area contributed by atoms with Crippen molar-refractivity contribution >= 4 is 17.2 Å². The molecule has 1 heterocycles. The van der Waals surface area contributed by atoms with Crippen molar-refractivity contribution in [1.29, 1.82) is 0 Å². The zero-order chi connectivity index (χ0) is 12.4. The van der Waals surface area contributed by atoms with Crippen LogP contribution in [0.4, 0.5) is 0 Å². The maximum atomic E-state index is 12.0. The molecule has 1 aromatic heterocycles. The van der Waals surface area contributed by atoms with Crippen molar-refractivity contribution < 1.29 is 9.90 Å². The van der Waals surface area contributed by atoms with E-state index in [4.69, 9.17) is 0 Å². The van der Waals surface area contributed by atoms with Crippen LogP contribution in [0.3, 0.4) is 0 Å². The minimum atomic E-state index is -0.153. The van der Waals surface area contributed by atoms with E-state index < -0.39 is 0 Å². The number of thiophene rings is 1. The van der Waals surface area contributed by atoms with Crippen LogP contribution in [-0.2, 0) is 12.8 Å². The fourth-order valence-corrected chi connectivity index (χ4v) is 3.26. The van der Waals surface area contributed by atoms with E-state index in [2.05, 4.69) is 5.32 Å². The van der Waals surface area contributed by atoms with Crippen LogP contribution in [0, 0.1) is 5.92 Å². The first-order valence-corrected chi connectivity index (χ1v) is 6.96. The Hall–Kier alpha value is -0.870. The van der Waals surface area contributed by atoms with Gasteiger partial charge in [0.15, 0.2) is 0 Å². The SMILES string of the molecule is CC(C)C(CO)NC(=O)c1cc2c(s1)CCC2. The van der Waals surface area contributed by atoms with Crippen molar-refractivity contribution in [3.05, 3.63) is 21.4 Å². The highest BCUT2D eigenvalue weighted by Gasteiger charge is 2.21. The second kappa shape index (κ2) is 5.19. The maximum absolute atomic E-state index is 12.0. The zero-order valence-electron chi connectivity index (χ0n) is 10.3. The predicted octanol–water partition coefficient (Wildman–Crippen LogP) is 1.98. The highest BCUT2D eigenvalue weighted by atomic mass is 32.1. The molecule has 17 heavy (non-hydrogen) atoms. The molecule has 0 aromatic carbocycles. The van der Waals surface area contributed by atoms with Gasteiger partial charge in [-0.2, -0.15) is 0 Å². The summed E-state index contributed by atoms with van der Waals surface area (Å²) in [6.07, 6.45) is 3.43. The van der Waals surface area contributed by atoms with E-state index in [1.165, 1.54) is 16.9 Å². The Morgan fingerprint density at radius 1 is 1.53 bits per heavy atom. The number of carbonyl (C=O) groups is 1. The molecule has 0 fully saturated rings. The Morgan fingerprint density at radius 2 is 2.29 bits per heavy atom. The second-order valence-electron chi connectivity index (χ2n) is 4.92. The first kappa shape index (κ1) is 12.6. The molecule has 0 radical (unpaired) electrons. The van der Waals surface area contributed by atoms with Crippen molar-refractivity contribution in [1.82, 2.24) is 5.32 Å². The summed E-state index contributed by atoms with van der Waals surface area (Å²) in [6.45, 7) is 3.99. The third kappa shape index (κ3) is 2.69. The van der Waals surface area contributed by atoms with Gasteiger partial charge in [-0.3, -0.25) is 4.79 Å². The number of fused-ring (bicyclic) bond motifs is 1. The van der Waals surface area contributed by atoms with Gasteiger partial charge in [-0.05, 0) is 36.8 Å². The number of rotatable bonds is 4. The van der Waals surface area contributed by atoms with Crippen LogP contribution in [-0.4, -0.2) is 23.7 Å². The van der Waals surface area contributed by atoms with Gasteiger partial charge in [-0.1, -0.05) is 13.8 Å². The van der Waals surface area contributed by atoms with Crippen molar-refractivity contribution in [2.75, 3.05) is 6.61 Å². The summed E-state index contributed by atoms with van der Waals surface area (Å²) in [7, 11) is 0. The molecule has 0 aliphatic heterocycles. The van der Waals surface area contributed by atoms with Gasteiger partial charge in [0.25, 0.3) is 5.91 Å². The number of aryl methyl sites for hydroxylation is 2. The lowest BCUT2D eigenvalue weighted by atomic mass is 10.1. The minimum absolute atomic E-state index is 0.00546. The van der Waals surface area contributed by atoms with E-state index in [1.807, 2.05) is 19.9 Å². The molecular weight excluding hydrogens is 234 g/mol. The minimum Gasteiger partial charge on any atom is -0.394 e. The van der Waals surface area contributed by atoms with Gasteiger partial charge in [-0.25, -0.2) is 0 Å². The van der Waals surface area contributed by atoms with E-state index >= 15 is 0 Å². The molecule has 0 saturated heterocycles. The molecule has 0 saturated carbocycles. The summed E-state index contributed by atoms with van der Waals surface area (Å²) in [4.78, 5) is 14.2. The third-order valence-electron chi connectivity index (χ3n) is 3.29. The average Bonchev–Trinajstić information content (AvgIpc) is 2.84. The highest BCUT2D eigenvalue weighted by molar-refractivity contribution is 7.14.